The lowest BCUT2D eigenvalue weighted by molar-refractivity contribution is -0.274. The first-order chi connectivity index (χ1) is 21.1. The predicted molar refractivity (Wildman–Crippen MR) is 158 cm³/mol. The third kappa shape index (κ3) is 9.48. The summed E-state index contributed by atoms with van der Waals surface area (Å²) in [5, 5.41) is 8.94. The van der Waals surface area contributed by atoms with E-state index in [0.29, 0.717) is 47.5 Å². The Morgan fingerprint density at radius 3 is 2.11 bits per heavy atom. The second-order valence-corrected chi connectivity index (χ2v) is 10.4. The number of anilines is 1. The van der Waals surface area contributed by atoms with Gasteiger partial charge in [-0.3, -0.25) is 9.59 Å². The Bertz CT molecular complexity index is 1360. The van der Waals surface area contributed by atoms with Crippen molar-refractivity contribution in [3.05, 3.63) is 60.2 Å². The molecule has 1 saturated carbocycles. The highest BCUT2D eigenvalue weighted by Gasteiger charge is 2.31. The van der Waals surface area contributed by atoms with Crippen molar-refractivity contribution in [3.63, 3.8) is 0 Å². The van der Waals surface area contributed by atoms with Crippen LogP contribution in [-0.2, 0) is 4.79 Å². The van der Waals surface area contributed by atoms with E-state index in [4.69, 9.17) is 9.47 Å². The van der Waals surface area contributed by atoms with Gasteiger partial charge in [0.25, 0.3) is 5.91 Å². The molecule has 1 fully saturated rings. The lowest BCUT2D eigenvalue weighted by Gasteiger charge is -2.29. The summed E-state index contributed by atoms with van der Waals surface area (Å²) < 4.78 is 51.4. The average molecular weight is 616 g/mol. The second kappa shape index (κ2) is 15.3. The second-order valence-electron chi connectivity index (χ2n) is 10.4. The fourth-order valence-electron chi connectivity index (χ4n) is 5.13. The lowest BCUT2D eigenvalue weighted by atomic mass is 9.79. The predicted octanol–water partition coefficient (Wildman–Crippen LogP) is 5.21. The third-order valence-corrected chi connectivity index (χ3v) is 7.38. The van der Waals surface area contributed by atoms with Gasteiger partial charge < -0.3 is 30.2 Å². The van der Waals surface area contributed by atoms with Crippen molar-refractivity contribution in [1.29, 1.82) is 0 Å². The summed E-state index contributed by atoms with van der Waals surface area (Å²) in [5.74, 6) is 0.104. The fraction of sp³-hybridized carbons (Fsp3) is 0.419. The highest BCUT2D eigenvalue weighted by molar-refractivity contribution is 5.95. The van der Waals surface area contributed by atoms with E-state index in [-0.39, 0.29) is 30.0 Å². The molecule has 13 heteroatoms. The number of benzene rings is 2. The van der Waals surface area contributed by atoms with Gasteiger partial charge in [-0.15, -0.1) is 13.2 Å². The molecular formula is C31H36F3N5O5. The Balaban J connectivity index is 1.31. The van der Waals surface area contributed by atoms with Gasteiger partial charge in [0, 0.05) is 36.4 Å². The summed E-state index contributed by atoms with van der Waals surface area (Å²) in [5.41, 5.74) is 1.70. The normalized spacial score (nSPS) is 14.3. The topological polar surface area (TPSA) is 124 Å². The van der Waals surface area contributed by atoms with Gasteiger partial charge >= 0.3 is 6.36 Å². The van der Waals surface area contributed by atoms with E-state index in [0.717, 1.165) is 32.1 Å². The number of halogens is 3. The Hall–Kier alpha value is -4.55. The van der Waals surface area contributed by atoms with Crippen LogP contribution in [0.4, 0.5) is 18.9 Å². The first kappa shape index (κ1) is 32.4. The first-order valence-corrected chi connectivity index (χ1v) is 14.4. The van der Waals surface area contributed by atoms with E-state index in [2.05, 4.69) is 30.7 Å². The van der Waals surface area contributed by atoms with Crippen LogP contribution in [0.15, 0.2) is 54.6 Å². The van der Waals surface area contributed by atoms with Crippen LogP contribution in [-0.4, -0.2) is 62.0 Å². The molecule has 0 aliphatic heterocycles. The Kier molecular flexibility index (Phi) is 11.2. The number of nitrogens with zero attached hydrogens (tertiary/aromatic N) is 2. The smallest absolute Gasteiger partial charge is 0.481 e. The maximum Gasteiger partial charge on any atom is 0.573 e. The van der Waals surface area contributed by atoms with Gasteiger partial charge in [-0.25, -0.2) is 0 Å². The SMILES string of the molecule is COc1cc(OC)nc(-c2ccc(C(=O)NCC(C(=O)NCCNc3ccc(OC(F)(F)F)cc3)C3CCCCC3)cc2)n1. The van der Waals surface area contributed by atoms with Crippen LogP contribution in [0, 0.1) is 11.8 Å². The number of nitrogens with one attached hydrogen (secondary N) is 3. The fourth-order valence-corrected chi connectivity index (χ4v) is 5.13. The summed E-state index contributed by atoms with van der Waals surface area (Å²) in [6.07, 6.45) is 0.283. The number of aromatic nitrogens is 2. The molecule has 1 unspecified atom stereocenters. The molecule has 2 aromatic carbocycles. The van der Waals surface area contributed by atoms with E-state index in [1.165, 1.54) is 38.5 Å². The molecular weight excluding hydrogens is 579 g/mol. The van der Waals surface area contributed by atoms with Crippen LogP contribution in [0.3, 0.4) is 0 Å². The minimum atomic E-state index is -4.75. The number of amides is 2. The maximum atomic E-state index is 13.2. The van der Waals surface area contributed by atoms with E-state index >= 15 is 0 Å². The highest BCUT2D eigenvalue weighted by Crippen LogP contribution is 2.30. The standard InChI is InChI=1S/C31H36F3N5O5/c1-42-26-18-27(43-2)39-28(38-26)21-8-10-22(11-9-21)29(40)37-19-25(20-6-4-3-5-7-20)30(41)36-17-16-35-23-12-14-24(15-13-23)44-31(32,33)34/h8-15,18,20,25,35H,3-7,16-17,19H2,1-2H3,(H,36,41)(H,37,40). The molecule has 2 amide bonds. The molecule has 4 rings (SSSR count). The van der Waals surface area contributed by atoms with E-state index in [1.54, 1.807) is 30.3 Å². The molecule has 44 heavy (non-hydrogen) atoms. The van der Waals surface area contributed by atoms with E-state index in [9.17, 15) is 22.8 Å². The summed E-state index contributed by atoms with van der Waals surface area (Å²) in [6, 6.07) is 13.7. The van der Waals surface area contributed by atoms with Crippen LogP contribution in [0.2, 0.25) is 0 Å². The zero-order chi connectivity index (χ0) is 31.5. The van der Waals surface area contributed by atoms with Crippen molar-refractivity contribution >= 4 is 17.5 Å². The van der Waals surface area contributed by atoms with Gasteiger partial charge in [0.1, 0.15) is 5.75 Å². The van der Waals surface area contributed by atoms with E-state index in [1.807, 2.05) is 0 Å². The number of rotatable bonds is 13. The van der Waals surface area contributed by atoms with Gasteiger partial charge in [-0.2, -0.15) is 9.97 Å². The largest absolute Gasteiger partial charge is 0.573 e. The summed E-state index contributed by atoms with van der Waals surface area (Å²) >= 11 is 0. The maximum absolute atomic E-state index is 13.2. The van der Waals surface area contributed by atoms with Crippen LogP contribution < -0.4 is 30.2 Å². The number of alkyl halides is 3. The number of carbonyl (C=O) groups is 2. The van der Waals surface area contributed by atoms with Crippen molar-refractivity contribution in [3.8, 4) is 28.9 Å². The lowest BCUT2D eigenvalue weighted by Crippen LogP contribution is -2.44. The van der Waals surface area contributed by atoms with Crippen molar-refractivity contribution in [1.82, 2.24) is 20.6 Å². The summed E-state index contributed by atoms with van der Waals surface area (Å²) in [4.78, 5) is 34.9. The van der Waals surface area contributed by atoms with Crippen molar-refractivity contribution in [2.75, 3.05) is 39.2 Å². The molecule has 10 nitrogen and oxygen atoms in total. The zero-order valence-corrected chi connectivity index (χ0v) is 24.6. The molecule has 0 saturated heterocycles. The minimum absolute atomic E-state index is 0.146. The molecule has 1 aliphatic carbocycles. The molecule has 1 aliphatic rings. The molecule has 3 N–H and O–H groups in total. The number of ether oxygens (including phenoxy) is 3. The average Bonchev–Trinajstić information content (AvgIpc) is 3.03. The zero-order valence-electron chi connectivity index (χ0n) is 24.6. The molecule has 0 bridgehead atoms. The molecule has 1 heterocycles. The van der Waals surface area contributed by atoms with Gasteiger partial charge in [-0.1, -0.05) is 31.4 Å². The molecule has 236 valence electrons. The van der Waals surface area contributed by atoms with E-state index < -0.39 is 12.3 Å². The quantitative estimate of drug-likeness (QED) is 0.224. The number of carbonyl (C=O) groups excluding carboxylic acids is 2. The van der Waals surface area contributed by atoms with Crippen molar-refractivity contribution < 1.29 is 37.0 Å². The Labute approximate surface area is 253 Å². The summed E-state index contributed by atoms with van der Waals surface area (Å²) in [6.45, 7) is 0.862. The minimum Gasteiger partial charge on any atom is -0.481 e. The molecule has 3 aromatic rings. The molecule has 0 radical (unpaired) electrons. The highest BCUT2D eigenvalue weighted by atomic mass is 19.4. The summed E-state index contributed by atoms with van der Waals surface area (Å²) in [7, 11) is 3.00. The van der Waals surface area contributed by atoms with Crippen LogP contribution in [0.1, 0.15) is 42.5 Å². The molecule has 0 spiro atoms. The Morgan fingerprint density at radius 1 is 0.886 bits per heavy atom. The first-order valence-electron chi connectivity index (χ1n) is 14.4. The molecule has 1 aromatic heterocycles. The van der Waals surface area contributed by atoms with Gasteiger partial charge in [0.15, 0.2) is 5.82 Å². The van der Waals surface area contributed by atoms with Gasteiger partial charge in [0.05, 0.1) is 26.2 Å². The number of methoxy groups -OCH3 is 2. The Morgan fingerprint density at radius 2 is 1.52 bits per heavy atom. The molecule has 1 atom stereocenters. The van der Waals surface area contributed by atoms with Gasteiger partial charge in [-0.05, 0) is 55.2 Å². The van der Waals surface area contributed by atoms with Crippen LogP contribution >= 0.6 is 0 Å². The van der Waals surface area contributed by atoms with Crippen LogP contribution in [0.5, 0.6) is 17.5 Å². The monoisotopic (exact) mass is 615 g/mol. The number of hydrogen-bond donors (Lipinski definition) is 3. The van der Waals surface area contributed by atoms with Crippen LogP contribution in [0.25, 0.3) is 11.4 Å². The van der Waals surface area contributed by atoms with Gasteiger partial charge in [0.2, 0.25) is 17.7 Å². The van der Waals surface area contributed by atoms with Crippen molar-refractivity contribution in [2.24, 2.45) is 11.8 Å². The number of hydrogen-bond acceptors (Lipinski definition) is 8. The van der Waals surface area contributed by atoms with Crippen molar-refractivity contribution in [2.45, 2.75) is 38.5 Å². The third-order valence-electron chi connectivity index (χ3n) is 7.38.